The van der Waals surface area contributed by atoms with Gasteiger partial charge in [-0.3, -0.25) is 9.78 Å². The Bertz CT molecular complexity index is 380. The number of carbonyl (C=O) groups is 1. The average molecular weight is 219 g/mol. The number of amides is 1. The van der Waals surface area contributed by atoms with Crippen LogP contribution in [-0.2, 0) is 0 Å². The van der Waals surface area contributed by atoms with Crippen molar-refractivity contribution in [1.29, 1.82) is 0 Å². The number of rotatable bonds is 3. The molecule has 4 heteroatoms. The fourth-order valence-corrected chi connectivity index (χ4v) is 1.81. The first-order valence-corrected chi connectivity index (χ1v) is 5.71. The van der Waals surface area contributed by atoms with Crippen molar-refractivity contribution in [1.82, 2.24) is 14.9 Å². The Kier molecular flexibility index (Phi) is 2.90. The lowest BCUT2D eigenvalue weighted by molar-refractivity contribution is 0.0683. The largest absolute Gasteiger partial charge is 0.332 e. The lowest BCUT2D eigenvalue weighted by atomic mass is 10.2. The Morgan fingerprint density at radius 1 is 1.38 bits per heavy atom. The Morgan fingerprint density at radius 2 is 2.06 bits per heavy atom. The maximum Gasteiger partial charge on any atom is 0.274 e. The van der Waals surface area contributed by atoms with Gasteiger partial charge in [0.2, 0.25) is 0 Å². The molecule has 1 fully saturated rings. The molecule has 86 valence electrons. The Balaban J connectivity index is 2.19. The molecule has 1 saturated carbocycles. The molecule has 1 aliphatic rings. The average Bonchev–Trinajstić information content (AvgIpc) is 3.02. The number of hydrogen-bond acceptors (Lipinski definition) is 3. The van der Waals surface area contributed by atoms with E-state index in [2.05, 4.69) is 9.97 Å². The molecule has 0 saturated heterocycles. The summed E-state index contributed by atoms with van der Waals surface area (Å²) in [6, 6.07) is 0.638. The second-order valence-electron chi connectivity index (χ2n) is 4.58. The zero-order valence-electron chi connectivity index (χ0n) is 9.97. The molecule has 0 radical (unpaired) electrons. The Labute approximate surface area is 95.7 Å². The third kappa shape index (κ3) is 2.21. The maximum absolute atomic E-state index is 12.2. The quantitative estimate of drug-likeness (QED) is 0.778. The third-order valence-corrected chi connectivity index (χ3v) is 2.73. The second kappa shape index (κ2) is 4.20. The minimum Gasteiger partial charge on any atom is -0.332 e. The highest BCUT2D eigenvalue weighted by atomic mass is 16.2. The summed E-state index contributed by atoms with van der Waals surface area (Å²) >= 11 is 0. The fourth-order valence-electron chi connectivity index (χ4n) is 1.81. The Morgan fingerprint density at radius 3 is 2.50 bits per heavy atom. The van der Waals surface area contributed by atoms with Crippen LogP contribution in [0.5, 0.6) is 0 Å². The molecule has 0 atom stereocenters. The molecule has 1 aliphatic carbocycles. The smallest absolute Gasteiger partial charge is 0.274 e. The van der Waals surface area contributed by atoms with Gasteiger partial charge in [0.15, 0.2) is 0 Å². The van der Waals surface area contributed by atoms with Crippen LogP contribution in [-0.4, -0.2) is 32.9 Å². The lowest BCUT2D eigenvalue weighted by Gasteiger charge is -2.26. The minimum atomic E-state index is 0.00463. The molecule has 1 aromatic heterocycles. The summed E-state index contributed by atoms with van der Waals surface area (Å²) in [4.78, 5) is 22.4. The molecule has 16 heavy (non-hydrogen) atoms. The first-order valence-electron chi connectivity index (χ1n) is 5.71. The molecular weight excluding hydrogens is 202 g/mol. The van der Waals surface area contributed by atoms with Gasteiger partial charge in [0.25, 0.3) is 5.91 Å². The molecule has 0 bridgehead atoms. The van der Waals surface area contributed by atoms with Crippen molar-refractivity contribution in [2.75, 3.05) is 0 Å². The van der Waals surface area contributed by atoms with Crippen molar-refractivity contribution in [2.45, 2.75) is 45.7 Å². The molecule has 0 N–H and O–H groups in total. The third-order valence-electron chi connectivity index (χ3n) is 2.73. The molecule has 1 heterocycles. The number of nitrogens with zero attached hydrogens (tertiary/aromatic N) is 3. The summed E-state index contributed by atoms with van der Waals surface area (Å²) in [7, 11) is 0. The summed E-state index contributed by atoms with van der Waals surface area (Å²) < 4.78 is 0. The maximum atomic E-state index is 12.2. The number of carbonyl (C=O) groups excluding carboxylic acids is 1. The second-order valence-corrected chi connectivity index (χ2v) is 4.58. The van der Waals surface area contributed by atoms with Gasteiger partial charge in [0.05, 0.1) is 11.9 Å². The first kappa shape index (κ1) is 11.0. The van der Waals surface area contributed by atoms with Crippen molar-refractivity contribution in [3.63, 3.8) is 0 Å². The topological polar surface area (TPSA) is 46.1 Å². The minimum absolute atomic E-state index is 0.00463. The van der Waals surface area contributed by atoms with Gasteiger partial charge in [-0.1, -0.05) is 0 Å². The summed E-state index contributed by atoms with van der Waals surface area (Å²) in [5, 5.41) is 0. The number of hydrogen-bond donors (Lipinski definition) is 0. The molecule has 1 aromatic rings. The van der Waals surface area contributed by atoms with Gasteiger partial charge in [0.1, 0.15) is 5.69 Å². The van der Waals surface area contributed by atoms with Gasteiger partial charge in [-0.2, -0.15) is 0 Å². The fraction of sp³-hybridized carbons (Fsp3) is 0.583. The van der Waals surface area contributed by atoms with E-state index in [4.69, 9.17) is 0 Å². The normalized spacial score (nSPS) is 15.2. The van der Waals surface area contributed by atoms with E-state index in [1.807, 2.05) is 25.7 Å². The summed E-state index contributed by atoms with van der Waals surface area (Å²) in [6.45, 7) is 5.94. The van der Waals surface area contributed by atoms with E-state index in [9.17, 15) is 4.79 Å². The summed E-state index contributed by atoms with van der Waals surface area (Å²) in [5.74, 6) is 0.00463. The summed E-state index contributed by atoms with van der Waals surface area (Å²) in [5.41, 5.74) is 1.28. The standard InChI is InChI=1S/C12H17N3O/c1-8(2)15(10-4-5-10)12(16)11-7-13-9(3)6-14-11/h6-8,10H,4-5H2,1-3H3. The van der Waals surface area contributed by atoms with Crippen LogP contribution in [0.25, 0.3) is 0 Å². The molecule has 4 nitrogen and oxygen atoms in total. The molecule has 0 aliphatic heterocycles. The highest BCUT2D eigenvalue weighted by Gasteiger charge is 2.35. The van der Waals surface area contributed by atoms with Crippen molar-refractivity contribution < 1.29 is 4.79 Å². The monoisotopic (exact) mass is 219 g/mol. The summed E-state index contributed by atoms with van der Waals surface area (Å²) in [6.07, 6.45) is 5.43. The molecular formula is C12H17N3O. The first-order chi connectivity index (χ1) is 7.59. The molecule has 2 rings (SSSR count). The van der Waals surface area contributed by atoms with Crippen LogP contribution >= 0.6 is 0 Å². The zero-order chi connectivity index (χ0) is 11.7. The van der Waals surface area contributed by atoms with Crippen LogP contribution < -0.4 is 0 Å². The van der Waals surface area contributed by atoms with Gasteiger partial charge in [0, 0.05) is 18.3 Å². The van der Waals surface area contributed by atoms with Crippen LogP contribution in [0.3, 0.4) is 0 Å². The predicted molar refractivity (Wildman–Crippen MR) is 61.1 cm³/mol. The van der Waals surface area contributed by atoms with Crippen molar-refractivity contribution in [3.8, 4) is 0 Å². The highest BCUT2D eigenvalue weighted by Crippen LogP contribution is 2.29. The van der Waals surface area contributed by atoms with Gasteiger partial charge in [-0.15, -0.1) is 0 Å². The predicted octanol–water partition coefficient (Wildman–Crippen LogP) is 1.80. The molecule has 0 spiro atoms. The van der Waals surface area contributed by atoms with E-state index < -0.39 is 0 Å². The van der Waals surface area contributed by atoms with E-state index in [-0.39, 0.29) is 11.9 Å². The van der Waals surface area contributed by atoms with Gasteiger partial charge < -0.3 is 4.90 Å². The van der Waals surface area contributed by atoms with E-state index >= 15 is 0 Å². The van der Waals surface area contributed by atoms with Crippen LogP contribution in [0, 0.1) is 6.92 Å². The van der Waals surface area contributed by atoms with Crippen LogP contribution in [0.15, 0.2) is 12.4 Å². The SMILES string of the molecule is Cc1cnc(C(=O)N(C(C)C)C2CC2)cn1. The van der Waals surface area contributed by atoms with E-state index in [0.717, 1.165) is 18.5 Å². The van der Waals surface area contributed by atoms with Crippen molar-refractivity contribution >= 4 is 5.91 Å². The van der Waals surface area contributed by atoms with E-state index in [1.54, 1.807) is 12.4 Å². The van der Waals surface area contributed by atoms with Crippen molar-refractivity contribution in [3.05, 3.63) is 23.8 Å². The Hall–Kier alpha value is -1.45. The van der Waals surface area contributed by atoms with Crippen molar-refractivity contribution in [2.24, 2.45) is 0 Å². The zero-order valence-corrected chi connectivity index (χ0v) is 9.97. The van der Waals surface area contributed by atoms with Crippen LogP contribution in [0.4, 0.5) is 0 Å². The number of aryl methyl sites for hydroxylation is 1. The molecule has 1 amide bonds. The van der Waals surface area contributed by atoms with E-state index in [1.165, 1.54) is 0 Å². The number of aromatic nitrogens is 2. The van der Waals surface area contributed by atoms with Gasteiger partial charge in [-0.05, 0) is 33.6 Å². The van der Waals surface area contributed by atoms with E-state index in [0.29, 0.717) is 11.7 Å². The van der Waals surface area contributed by atoms with Gasteiger partial charge in [-0.25, -0.2) is 4.98 Å². The highest BCUT2D eigenvalue weighted by molar-refractivity contribution is 5.92. The molecule has 0 aromatic carbocycles. The van der Waals surface area contributed by atoms with Crippen LogP contribution in [0.2, 0.25) is 0 Å². The van der Waals surface area contributed by atoms with Gasteiger partial charge >= 0.3 is 0 Å². The molecule has 0 unspecified atom stereocenters. The van der Waals surface area contributed by atoms with Crippen LogP contribution in [0.1, 0.15) is 42.9 Å². The lowest BCUT2D eigenvalue weighted by Crippen LogP contribution is -2.39.